The van der Waals surface area contributed by atoms with Gasteiger partial charge in [-0.1, -0.05) is 0 Å². The number of rotatable bonds is 2. The number of carbonyl (C=O) groups excluding carboxylic acids is 1. The average Bonchev–Trinajstić information content (AvgIpc) is 2.70. The van der Waals surface area contributed by atoms with Gasteiger partial charge in [0.1, 0.15) is 5.82 Å². The van der Waals surface area contributed by atoms with E-state index in [4.69, 9.17) is 0 Å². The zero-order valence-corrected chi connectivity index (χ0v) is 11.4. The molecule has 0 saturated carbocycles. The first-order valence-corrected chi connectivity index (χ1v) is 6.50. The molecule has 1 heterocycles. The number of halogens is 2. The first kappa shape index (κ1) is 12.3. The summed E-state index contributed by atoms with van der Waals surface area (Å²) in [7, 11) is 0. The van der Waals surface area contributed by atoms with E-state index in [1.165, 1.54) is 29.5 Å². The number of benzene rings is 1. The highest BCUT2D eigenvalue weighted by Crippen LogP contribution is 2.22. The Bertz CT molecular complexity index is 567. The topological polar surface area (TPSA) is 29.1 Å². The molecule has 1 aromatic heterocycles. The first-order chi connectivity index (χ1) is 8.06. The lowest BCUT2D eigenvalue weighted by atomic mass is 10.3. The molecular weight excluding hydrogens is 305 g/mol. The summed E-state index contributed by atoms with van der Waals surface area (Å²) in [6, 6.07) is 8.03. The van der Waals surface area contributed by atoms with Gasteiger partial charge in [-0.15, -0.1) is 11.3 Å². The van der Waals surface area contributed by atoms with Gasteiger partial charge in [-0.25, -0.2) is 4.39 Å². The van der Waals surface area contributed by atoms with E-state index < -0.39 is 0 Å². The second-order valence-corrected chi connectivity index (χ2v) is 5.64. The summed E-state index contributed by atoms with van der Waals surface area (Å²) < 4.78 is 13.3. The van der Waals surface area contributed by atoms with E-state index in [9.17, 15) is 9.18 Å². The Hall–Kier alpha value is -1.20. The molecule has 0 radical (unpaired) electrons. The molecule has 0 bridgehead atoms. The molecule has 0 aliphatic heterocycles. The molecule has 2 rings (SSSR count). The van der Waals surface area contributed by atoms with Crippen LogP contribution in [0.3, 0.4) is 0 Å². The number of carbonyl (C=O) groups is 1. The maximum Gasteiger partial charge on any atom is 0.265 e. The summed E-state index contributed by atoms with van der Waals surface area (Å²) in [6.07, 6.45) is 0. The Kier molecular flexibility index (Phi) is 3.59. The van der Waals surface area contributed by atoms with E-state index in [0.29, 0.717) is 15.0 Å². The molecular formula is C12H9BrFNOS. The van der Waals surface area contributed by atoms with Gasteiger partial charge in [0.05, 0.1) is 9.35 Å². The average molecular weight is 314 g/mol. The van der Waals surface area contributed by atoms with E-state index in [2.05, 4.69) is 21.2 Å². The quantitative estimate of drug-likeness (QED) is 0.884. The van der Waals surface area contributed by atoms with Crippen LogP contribution in [-0.2, 0) is 0 Å². The van der Waals surface area contributed by atoms with Gasteiger partial charge in [0, 0.05) is 10.6 Å². The third-order valence-electron chi connectivity index (χ3n) is 2.14. The van der Waals surface area contributed by atoms with Crippen molar-refractivity contribution in [2.45, 2.75) is 6.92 Å². The molecule has 5 heteroatoms. The lowest BCUT2D eigenvalue weighted by molar-refractivity contribution is 0.103. The van der Waals surface area contributed by atoms with Crippen molar-refractivity contribution >= 4 is 38.9 Å². The van der Waals surface area contributed by atoms with Crippen molar-refractivity contribution in [2.24, 2.45) is 0 Å². The molecule has 1 N–H and O–H groups in total. The number of aryl methyl sites for hydroxylation is 1. The highest BCUT2D eigenvalue weighted by Gasteiger charge is 2.09. The summed E-state index contributed by atoms with van der Waals surface area (Å²) in [6.45, 7) is 1.94. The number of thiophene rings is 1. The molecule has 0 saturated heterocycles. The largest absolute Gasteiger partial charge is 0.321 e. The van der Waals surface area contributed by atoms with E-state index in [1.54, 1.807) is 6.07 Å². The van der Waals surface area contributed by atoms with Crippen LogP contribution in [0.25, 0.3) is 0 Å². The molecule has 2 nitrogen and oxygen atoms in total. The van der Waals surface area contributed by atoms with Gasteiger partial charge in [-0.3, -0.25) is 4.79 Å². The SMILES string of the molecule is Cc1ccc(C(=O)Nc2ccc(F)c(Br)c2)s1. The molecule has 0 atom stereocenters. The lowest BCUT2D eigenvalue weighted by Crippen LogP contribution is -2.10. The fourth-order valence-corrected chi connectivity index (χ4v) is 2.46. The van der Waals surface area contributed by atoms with Gasteiger partial charge in [-0.2, -0.15) is 0 Å². The van der Waals surface area contributed by atoms with Crippen LogP contribution in [0.1, 0.15) is 14.5 Å². The van der Waals surface area contributed by atoms with E-state index in [-0.39, 0.29) is 11.7 Å². The Morgan fingerprint density at radius 2 is 2.12 bits per heavy atom. The molecule has 0 aliphatic carbocycles. The third kappa shape index (κ3) is 2.92. The monoisotopic (exact) mass is 313 g/mol. The van der Waals surface area contributed by atoms with Gasteiger partial charge < -0.3 is 5.32 Å². The molecule has 2 aromatic rings. The Labute approximate surface area is 111 Å². The minimum Gasteiger partial charge on any atom is -0.321 e. The molecule has 0 spiro atoms. The zero-order chi connectivity index (χ0) is 12.4. The second kappa shape index (κ2) is 4.98. The number of nitrogens with one attached hydrogen (secondary N) is 1. The number of amides is 1. The van der Waals surface area contributed by atoms with Crippen LogP contribution in [0.5, 0.6) is 0 Å². The second-order valence-electron chi connectivity index (χ2n) is 3.49. The number of hydrogen-bond acceptors (Lipinski definition) is 2. The molecule has 1 amide bonds. The van der Waals surface area contributed by atoms with Crippen LogP contribution < -0.4 is 5.32 Å². The van der Waals surface area contributed by atoms with Crippen molar-refractivity contribution < 1.29 is 9.18 Å². The predicted octanol–water partition coefficient (Wildman–Crippen LogP) is 4.21. The van der Waals surface area contributed by atoms with E-state index >= 15 is 0 Å². The summed E-state index contributed by atoms with van der Waals surface area (Å²) in [4.78, 5) is 13.5. The Morgan fingerprint density at radius 3 is 2.71 bits per heavy atom. The standard InChI is InChI=1S/C12H9BrFNOS/c1-7-2-5-11(17-7)12(16)15-8-3-4-10(14)9(13)6-8/h2-6H,1H3,(H,15,16). The van der Waals surface area contributed by atoms with Crippen LogP contribution in [0.15, 0.2) is 34.8 Å². The van der Waals surface area contributed by atoms with E-state index in [0.717, 1.165) is 4.88 Å². The molecule has 1 aromatic carbocycles. The number of hydrogen-bond donors (Lipinski definition) is 1. The van der Waals surface area contributed by atoms with Crippen molar-refractivity contribution in [3.8, 4) is 0 Å². The maximum absolute atomic E-state index is 13.0. The van der Waals surface area contributed by atoms with Crippen molar-refractivity contribution in [3.05, 3.63) is 50.4 Å². The Balaban J connectivity index is 2.15. The molecule has 0 unspecified atom stereocenters. The normalized spacial score (nSPS) is 10.3. The van der Waals surface area contributed by atoms with Gasteiger partial charge in [-0.05, 0) is 53.2 Å². The molecule has 0 aliphatic rings. The summed E-state index contributed by atoms with van der Waals surface area (Å²) >= 11 is 4.50. The van der Waals surface area contributed by atoms with Crippen LogP contribution in [0.2, 0.25) is 0 Å². The molecule has 88 valence electrons. The van der Waals surface area contributed by atoms with Gasteiger partial charge in [0.15, 0.2) is 0 Å². The third-order valence-corrected chi connectivity index (χ3v) is 3.75. The minimum absolute atomic E-state index is 0.179. The zero-order valence-electron chi connectivity index (χ0n) is 8.96. The number of anilines is 1. The summed E-state index contributed by atoms with van der Waals surface area (Å²) in [5.74, 6) is -0.531. The van der Waals surface area contributed by atoms with Crippen molar-refractivity contribution in [1.29, 1.82) is 0 Å². The molecule has 0 fully saturated rings. The summed E-state index contributed by atoms with van der Waals surface area (Å²) in [5, 5.41) is 2.71. The van der Waals surface area contributed by atoms with Crippen molar-refractivity contribution in [3.63, 3.8) is 0 Å². The maximum atomic E-state index is 13.0. The first-order valence-electron chi connectivity index (χ1n) is 4.89. The minimum atomic E-state index is -0.352. The van der Waals surface area contributed by atoms with E-state index in [1.807, 2.05) is 13.0 Å². The molecule has 17 heavy (non-hydrogen) atoms. The van der Waals surface area contributed by atoms with Crippen LogP contribution in [-0.4, -0.2) is 5.91 Å². The fraction of sp³-hybridized carbons (Fsp3) is 0.0833. The highest BCUT2D eigenvalue weighted by molar-refractivity contribution is 9.10. The highest BCUT2D eigenvalue weighted by atomic mass is 79.9. The van der Waals surface area contributed by atoms with Crippen LogP contribution in [0.4, 0.5) is 10.1 Å². The van der Waals surface area contributed by atoms with Gasteiger partial charge in [0.2, 0.25) is 0 Å². The smallest absolute Gasteiger partial charge is 0.265 e. The fourth-order valence-electron chi connectivity index (χ4n) is 1.32. The van der Waals surface area contributed by atoms with Crippen molar-refractivity contribution in [1.82, 2.24) is 0 Å². The predicted molar refractivity (Wildman–Crippen MR) is 71.1 cm³/mol. The van der Waals surface area contributed by atoms with Crippen LogP contribution >= 0.6 is 27.3 Å². The Morgan fingerprint density at radius 1 is 1.35 bits per heavy atom. The summed E-state index contributed by atoms with van der Waals surface area (Å²) in [5.41, 5.74) is 0.564. The van der Waals surface area contributed by atoms with Gasteiger partial charge in [0.25, 0.3) is 5.91 Å². The van der Waals surface area contributed by atoms with Gasteiger partial charge >= 0.3 is 0 Å². The van der Waals surface area contributed by atoms with Crippen LogP contribution in [0, 0.1) is 12.7 Å². The van der Waals surface area contributed by atoms with Crippen molar-refractivity contribution in [2.75, 3.05) is 5.32 Å². The lowest BCUT2D eigenvalue weighted by Gasteiger charge is -2.04.